The van der Waals surface area contributed by atoms with Gasteiger partial charge in [-0.2, -0.15) is 0 Å². The summed E-state index contributed by atoms with van der Waals surface area (Å²) in [7, 11) is 1.75. The first-order valence-electron chi connectivity index (χ1n) is 6.62. The molecule has 1 fully saturated rings. The monoisotopic (exact) mass is 297 g/mol. The van der Waals surface area contributed by atoms with Gasteiger partial charge in [0.15, 0.2) is 5.84 Å². The van der Waals surface area contributed by atoms with E-state index in [1.807, 2.05) is 12.1 Å². The van der Waals surface area contributed by atoms with Crippen LogP contribution in [0.3, 0.4) is 0 Å². The Kier molecular flexibility index (Phi) is 4.73. The second-order valence-corrected chi connectivity index (χ2v) is 5.54. The first-order chi connectivity index (χ1) is 9.56. The summed E-state index contributed by atoms with van der Waals surface area (Å²) < 4.78 is 5.52. The lowest BCUT2D eigenvalue weighted by Gasteiger charge is -2.37. The summed E-state index contributed by atoms with van der Waals surface area (Å²) in [5.74, 6) is 0.576. The molecule has 1 heterocycles. The summed E-state index contributed by atoms with van der Waals surface area (Å²) in [5.41, 5.74) is 7.13. The highest BCUT2D eigenvalue weighted by Gasteiger charge is 2.26. The van der Waals surface area contributed by atoms with Crippen LogP contribution in [-0.2, 0) is 4.74 Å². The zero-order valence-corrected chi connectivity index (χ0v) is 12.5. The Labute approximate surface area is 124 Å². The highest BCUT2D eigenvalue weighted by atomic mass is 35.5. The number of methoxy groups -OCH3 is 1. The van der Waals surface area contributed by atoms with Gasteiger partial charge >= 0.3 is 0 Å². The molecule has 1 aromatic rings. The minimum atomic E-state index is 0.0172. The van der Waals surface area contributed by atoms with Crippen LogP contribution in [0.15, 0.2) is 23.4 Å². The molecule has 0 saturated carbocycles. The molecule has 0 spiro atoms. The van der Waals surface area contributed by atoms with Crippen molar-refractivity contribution >= 4 is 23.1 Å². The second-order valence-electron chi connectivity index (χ2n) is 5.14. The number of hydrogen-bond donors (Lipinski definition) is 2. The quantitative estimate of drug-likeness (QED) is 0.389. The van der Waals surface area contributed by atoms with E-state index >= 15 is 0 Å². The molecule has 1 aliphatic heterocycles. The van der Waals surface area contributed by atoms with Crippen molar-refractivity contribution in [2.45, 2.75) is 19.4 Å². The van der Waals surface area contributed by atoms with Gasteiger partial charge in [-0.05, 0) is 30.5 Å². The van der Waals surface area contributed by atoms with Gasteiger partial charge in [-0.25, -0.2) is 0 Å². The summed E-state index contributed by atoms with van der Waals surface area (Å²) in [6.45, 7) is 4.02. The Bertz CT molecular complexity index is 507. The SMILES string of the molecule is COC1CN(c2ccc(/C(N)=N/O)c(Cl)c2)CCC1C. The maximum atomic E-state index is 8.70. The lowest BCUT2D eigenvalue weighted by molar-refractivity contribution is 0.0498. The van der Waals surface area contributed by atoms with Crippen molar-refractivity contribution in [1.82, 2.24) is 0 Å². The second kappa shape index (κ2) is 6.33. The van der Waals surface area contributed by atoms with E-state index in [-0.39, 0.29) is 11.9 Å². The van der Waals surface area contributed by atoms with E-state index in [1.54, 1.807) is 13.2 Å². The third kappa shape index (κ3) is 2.99. The van der Waals surface area contributed by atoms with Crippen LogP contribution in [0.25, 0.3) is 0 Å². The van der Waals surface area contributed by atoms with Gasteiger partial charge in [0.25, 0.3) is 0 Å². The van der Waals surface area contributed by atoms with E-state index in [0.29, 0.717) is 16.5 Å². The molecule has 110 valence electrons. The smallest absolute Gasteiger partial charge is 0.171 e. The number of anilines is 1. The number of benzene rings is 1. The third-order valence-electron chi connectivity index (χ3n) is 3.89. The number of ether oxygens (including phenoxy) is 1. The summed E-state index contributed by atoms with van der Waals surface area (Å²) >= 11 is 6.19. The molecule has 6 heteroatoms. The molecule has 3 N–H and O–H groups in total. The average Bonchev–Trinajstić information content (AvgIpc) is 2.47. The van der Waals surface area contributed by atoms with Gasteiger partial charge in [0, 0.05) is 31.5 Å². The summed E-state index contributed by atoms with van der Waals surface area (Å²) in [6.07, 6.45) is 1.31. The highest BCUT2D eigenvalue weighted by molar-refractivity contribution is 6.34. The number of rotatable bonds is 3. The molecule has 2 atom stereocenters. The summed E-state index contributed by atoms with van der Waals surface area (Å²) in [6, 6.07) is 5.55. The van der Waals surface area contributed by atoms with Crippen molar-refractivity contribution < 1.29 is 9.94 Å². The van der Waals surface area contributed by atoms with E-state index in [4.69, 9.17) is 27.3 Å². The molecule has 1 aliphatic rings. The number of piperidine rings is 1. The number of amidine groups is 1. The summed E-state index contributed by atoms with van der Waals surface area (Å²) in [5, 5.41) is 12.2. The van der Waals surface area contributed by atoms with Gasteiger partial charge in [0.05, 0.1) is 11.1 Å². The topological polar surface area (TPSA) is 71.1 Å². The van der Waals surface area contributed by atoms with E-state index in [2.05, 4.69) is 17.0 Å². The Morgan fingerprint density at radius 1 is 1.55 bits per heavy atom. The molecule has 0 aromatic heterocycles. The lowest BCUT2D eigenvalue weighted by Crippen LogP contribution is -2.43. The van der Waals surface area contributed by atoms with Gasteiger partial charge in [0.1, 0.15) is 0 Å². The fourth-order valence-electron chi connectivity index (χ4n) is 2.54. The Morgan fingerprint density at radius 3 is 2.90 bits per heavy atom. The largest absolute Gasteiger partial charge is 0.409 e. The minimum absolute atomic E-state index is 0.0172. The van der Waals surface area contributed by atoms with Crippen LogP contribution in [0.4, 0.5) is 5.69 Å². The van der Waals surface area contributed by atoms with E-state index in [1.165, 1.54) is 0 Å². The van der Waals surface area contributed by atoms with Crippen LogP contribution in [-0.4, -0.2) is 37.3 Å². The molecule has 1 aromatic carbocycles. The van der Waals surface area contributed by atoms with Crippen LogP contribution in [0.2, 0.25) is 5.02 Å². The molecular weight excluding hydrogens is 278 g/mol. The Morgan fingerprint density at radius 2 is 2.30 bits per heavy atom. The van der Waals surface area contributed by atoms with Gasteiger partial charge < -0.3 is 20.6 Å². The molecule has 5 nitrogen and oxygen atoms in total. The maximum absolute atomic E-state index is 8.70. The van der Waals surface area contributed by atoms with Crippen LogP contribution in [0, 0.1) is 5.92 Å². The van der Waals surface area contributed by atoms with Crippen molar-refractivity contribution in [3.8, 4) is 0 Å². The van der Waals surface area contributed by atoms with E-state index in [9.17, 15) is 0 Å². The first kappa shape index (κ1) is 14.9. The Hall–Kier alpha value is -1.46. The van der Waals surface area contributed by atoms with E-state index in [0.717, 1.165) is 25.2 Å². The van der Waals surface area contributed by atoms with Crippen molar-refractivity contribution in [3.05, 3.63) is 28.8 Å². The Balaban J connectivity index is 2.20. The number of nitrogens with two attached hydrogens (primary N) is 1. The molecule has 2 unspecified atom stereocenters. The number of nitrogens with zero attached hydrogens (tertiary/aromatic N) is 2. The molecule has 20 heavy (non-hydrogen) atoms. The van der Waals surface area contributed by atoms with E-state index < -0.39 is 0 Å². The van der Waals surface area contributed by atoms with Gasteiger partial charge in [-0.15, -0.1) is 0 Å². The lowest BCUT2D eigenvalue weighted by atomic mass is 9.95. The molecule has 0 aliphatic carbocycles. The van der Waals surface area contributed by atoms with Gasteiger partial charge in [0.2, 0.25) is 0 Å². The van der Waals surface area contributed by atoms with Crippen LogP contribution in [0.5, 0.6) is 0 Å². The standard InChI is InChI=1S/C14H20ClN3O2/c1-9-5-6-18(8-13(9)20-2)10-3-4-11(12(15)7-10)14(16)17-19/h3-4,7,9,13,19H,5-6,8H2,1-2H3,(H2,16,17). The van der Waals surface area contributed by atoms with Gasteiger partial charge in [-0.1, -0.05) is 23.7 Å². The van der Waals surface area contributed by atoms with Crippen molar-refractivity contribution in [2.75, 3.05) is 25.1 Å². The maximum Gasteiger partial charge on any atom is 0.171 e. The molecule has 0 radical (unpaired) electrons. The fourth-order valence-corrected chi connectivity index (χ4v) is 2.81. The zero-order valence-electron chi connectivity index (χ0n) is 11.7. The van der Waals surface area contributed by atoms with Crippen LogP contribution < -0.4 is 10.6 Å². The van der Waals surface area contributed by atoms with Crippen molar-refractivity contribution in [3.63, 3.8) is 0 Å². The predicted molar refractivity (Wildman–Crippen MR) is 80.8 cm³/mol. The van der Waals surface area contributed by atoms with Crippen LogP contribution in [0.1, 0.15) is 18.9 Å². The minimum Gasteiger partial charge on any atom is -0.409 e. The average molecular weight is 298 g/mol. The third-order valence-corrected chi connectivity index (χ3v) is 4.21. The molecule has 0 amide bonds. The first-order valence-corrected chi connectivity index (χ1v) is 6.99. The van der Waals surface area contributed by atoms with Gasteiger partial charge in [-0.3, -0.25) is 0 Å². The number of oxime groups is 1. The molecule has 1 saturated heterocycles. The highest BCUT2D eigenvalue weighted by Crippen LogP contribution is 2.28. The van der Waals surface area contributed by atoms with Crippen molar-refractivity contribution in [1.29, 1.82) is 0 Å². The number of halogens is 1. The molecule has 2 rings (SSSR count). The normalized spacial score (nSPS) is 23.9. The molecule has 0 bridgehead atoms. The number of hydrogen-bond acceptors (Lipinski definition) is 4. The fraction of sp³-hybridized carbons (Fsp3) is 0.500. The predicted octanol–water partition coefficient (Wildman–Crippen LogP) is 2.30. The van der Waals surface area contributed by atoms with Crippen LogP contribution >= 0.6 is 11.6 Å². The zero-order chi connectivity index (χ0) is 14.7. The van der Waals surface area contributed by atoms with Crippen molar-refractivity contribution in [2.24, 2.45) is 16.8 Å². The summed E-state index contributed by atoms with van der Waals surface area (Å²) in [4.78, 5) is 2.25. The molecular formula is C14H20ClN3O2.